The SMILES string of the molecule is O=C(C1CCCC1)N1CCC(N2CCCC(Nc3nccc(N4CCCCCC4)n3)C2)CC1. The summed E-state index contributed by atoms with van der Waals surface area (Å²) in [6.45, 7) is 6.32. The third-order valence-electron chi connectivity index (χ3n) is 8.35. The van der Waals surface area contributed by atoms with Crippen molar-refractivity contribution in [3.05, 3.63) is 12.3 Å². The minimum atomic E-state index is 0.315. The average molecular weight is 455 g/mol. The quantitative estimate of drug-likeness (QED) is 0.728. The third-order valence-corrected chi connectivity index (χ3v) is 8.35. The molecule has 33 heavy (non-hydrogen) atoms. The van der Waals surface area contributed by atoms with E-state index in [2.05, 4.69) is 31.1 Å². The maximum atomic E-state index is 12.8. The molecule has 0 bridgehead atoms. The number of hydrogen-bond acceptors (Lipinski definition) is 6. The fourth-order valence-corrected chi connectivity index (χ4v) is 6.42. The lowest BCUT2D eigenvalue weighted by Gasteiger charge is -2.42. The molecule has 1 aromatic heterocycles. The Hall–Kier alpha value is -1.89. The molecule has 4 heterocycles. The Morgan fingerprint density at radius 1 is 0.848 bits per heavy atom. The van der Waals surface area contributed by atoms with E-state index in [1.54, 1.807) is 0 Å². The van der Waals surface area contributed by atoms with Gasteiger partial charge in [0, 0.05) is 56.9 Å². The van der Waals surface area contributed by atoms with Crippen molar-refractivity contribution < 1.29 is 4.79 Å². The molecule has 4 aliphatic rings. The van der Waals surface area contributed by atoms with Crippen LogP contribution in [0.25, 0.3) is 0 Å². The topological polar surface area (TPSA) is 64.6 Å². The molecule has 7 nitrogen and oxygen atoms in total. The predicted molar refractivity (Wildman–Crippen MR) is 132 cm³/mol. The molecule has 1 N–H and O–H groups in total. The summed E-state index contributed by atoms with van der Waals surface area (Å²) in [5, 5.41) is 3.65. The smallest absolute Gasteiger partial charge is 0.225 e. The molecule has 1 aliphatic carbocycles. The number of piperidine rings is 2. The Kier molecular flexibility index (Phi) is 7.64. The number of nitrogens with zero attached hydrogens (tertiary/aromatic N) is 5. The van der Waals surface area contributed by atoms with Gasteiger partial charge in [-0.15, -0.1) is 0 Å². The number of likely N-dealkylation sites (tertiary alicyclic amines) is 2. The Morgan fingerprint density at radius 2 is 1.61 bits per heavy atom. The number of carbonyl (C=O) groups is 1. The monoisotopic (exact) mass is 454 g/mol. The van der Waals surface area contributed by atoms with E-state index in [4.69, 9.17) is 4.98 Å². The van der Waals surface area contributed by atoms with E-state index in [0.717, 1.165) is 70.2 Å². The Bertz CT molecular complexity index is 766. The van der Waals surface area contributed by atoms with Crippen LogP contribution in [0, 0.1) is 5.92 Å². The van der Waals surface area contributed by atoms with Crippen LogP contribution in [-0.4, -0.2) is 77.0 Å². The molecule has 182 valence electrons. The van der Waals surface area contributed by atoms with E-state index in [1.807, 2.05) is 6.20 Å². The number of aromatic nitrogens is 2. The van der Waals surface area contributed by atoms with Gasteiger partial charge in [0.2, 0.25) is 11.9 Å². The Morgan fingerprint density at radius 3 is 2.36 bits per heavy atom. The Balaban J connectivity index is 1.12. The standard InChI is InChI=1S/C26H42N6O/c33-25(21-8-3-4-9-21)31-18-12-23(13-19-31)32-17-7-10-22(20-32)28-26-27-14-11-24(29-26)30-15-5-1-2-6-16-30/h11,14,21-23H,1-10,12-13,15-20H2,(H,27,28,29). The summed E-state index contributed by atoms with van der Waals surface area (Å²) in [5.41, 5.74) is 0. The number of carbonyl (C=O) groups excluding carboxylic acids is 1. The van der Waals surface area contributed by atoms with E-state index >= 15 is 0 Å². The molecule has 0 aromatic carbocycles. The molecule has 5 rings (SSSR count). The van der Waals surface area contributed by atoms with E-state index in [0.29, 0.717) is 23.9 Å². The van der Waals surface area contributed by atoms with Gasteiger partial charge in [0.1, 0.15) is 5.82 Å². The zero-order valence-corrected chi connectivity index (χ0v) is 20.3. The van der Waals surface area contributed by atoms with E-state index < -0.39 is 0 Å². The minimum absolute atomic E-state index is 0.315. The molecule has 4 fully saturated rings. The van der Waals surface area contributed by atoms with Gasteiger partial charge in [-0.3, -0.25) is 9.69 Å². The zero-order chi connectivity index (χ0) is 22.5. The molecule has 0 spiro atoms. The highest BCUT2D eigenvalue weighted by Crippen LogP contribution is 2.29. The lowest BCUT2D eigenvalue weighted by atomic mass is 9.96. The summed E-state index contributed by atoms with van der Waals surface area (Å²) in [5.74, 6) is 2.60. The van der Waals surface area contributed by atoms with Crippen molar-refractivity contribution in [1.29, 1.82) is 0 Å². The molecule has 7 heteroatoms. The fourth-order valence-electron chi connectivity index (χ4n) is 6.42. The van der Waals surface area contributed by atoms with Gasteiger partial charge in [-0.25, -0.2) is 4.98 Å². The van der Waals surface area contributed by atoms with Crippen LogP contribution in [0.4, 0.5) is 11.8 Å². The molecule has 1 amide bonds. The second-order valence-corrected chi connectivity index (χ2v) is 10.7. The van der Waals surface area contributed by atoms with Crippen molar-refractivity contribution in [1.82, 2.24) is 19.8 Å². The van der Waals surface area contributed by atoms with Gasteiger partial charge in [-0.05, 0) is 64.0 Å². The van der Waals surface area contributed by atoms with Crippen molar-refractivity contribution in [3.63, 3.8) is 0 Å². The van der Waals surface area contributed by atoms with Crippen LogP contribution >= 0.6 is 0 Å². The highest BCUT2D eigenvalue weighted by molar-refractivity contribution is 5.79. The van der Waals surface area contributed by atoms with Crippen molar-refractivity contribution in [2.24, 2.45) is 5.92 Å². The molecule has 3 saturated heterocycles. The maximum Gasteiger partial charge on any atom is 0.225 e. The van der Waals surface area contributed by atoms with Gasteiger partial charge >= 0.3 is 0 Å². The summed E-state index contributed by atoms with van der Waals surface area (Å²) in [6, 6.07) is 3.06. The third kappa shape index (κ3) is 5.79. The second kappa shape index (κ2) is 11.0. The number of hydrogen-bond donors (Lipinski definition) is 1. The Labute approximate surface area is 199 Å². The summed E-state index contributed by atoms with van der Waals surface area (Å²) in [4.78, 5) is 29.5. The van der Waals surface area contributed by atoms with Gasteiger partial charge in [0.25, 0.3) is 0 Å². The normalized spacial score (nSPS) is 26.4. The van der Waals surface area contributed by atoms with Crippen LogP contribution in [-0.2, 0) is 4.79 Å². The highest BCUT2D eigenvalue weighted by atomic mass is 16.2. The van der Waals surface area contributed by atoms with Gasteiger partial charge in [-0.2, -0.15) is 4.98 Å². The number of anilines is 2. The average Bonchev–Trinajstić information content (AvgIpc) is 3.26. The summed E-state index contributed by atoms with van der Waals surface area (Å²) in [6.07, 6.45) is 16.4. The molecule has 3 aliphatic heterocycles. The van der Waals surface area contributed by atoms with Crippen LogP contribution in [0.15, 0.2) is 12.3 Å². The van der Waals surface area contributed by atoms with Crippen LogP contribution < -0.4 is 10.2 Å². The maximum absolute atomic E-state index is 12.8. The van der Waals surface area contributed by atoms with Crippen molar-refractivity contribution in [2.45, 2.75) is 89.1 Å². The minimum Gasteiger partial charge on any atom is -0.356 e. The van der Waals surface area contributed by atoms with Crippen LogP contribution in [0.2, 0.25) is 0 Å². The highest BCUT2D eigenvalue weighted by Gasteiger charge is 2.33. The molecule has 1 saturated carbocycles. The number of nitrogens with one attached hydrogen (secondary N) is 1. The lowest BCUT2D eigenvalue weighted by molar-refractivity contribution is -0.137. The predicted octanol–water partition coefficient (Wildman–Crippen LogP) is 3.91. The van der Waals surface area contributed by atoms with E-state index in [1.165, 1.54) is 57.9 Å². The van der Waals surface area contributed by atoms with Gasteiger partial charge in [0.15, 0.2) is 0 Å². The number of amides is 1. The van der Waals surface area contributed by atoms with Gasteiger partial charge in [0.05, 0.1) is 0 Å². The van der Waals surface area contributed by atoms with Crippen molar-refractivity contribution >= 4 is 17.7 Å². The summed E-state index contributed by atoms with van der Waals surface area (Å²) in [7, 11) is 0. The second-order valence-electron chi connectivity index (χ2n) is 10.7. The van der Waals surface area contributed by atoms with Crippen LogP contribution in [0.3, 0.4) is 0 Å². The molecule has 0 radical (unpaired) electrons. The zero-order valence-electron chi connectivity index (χ0n) is 20.3. The van der Waals surface area contributed by atoms with Gasteiger partial charge in [-0.1, -0.05) is 25.7 Å². The number of rotatable bonds is 5. The summed E-state index contributed by atoms with van der Waals surface area (Å²) >= 11 is 0. The van der Waals surface area contributed by atoms with Crippen LogP contribution in [0.5, 0.6) is 0 Å². The molecule has 1 unspecified atom stereocenters. The van der Waals surface area contributed by atoms with E-state index in [-0.39, 0.29) is 0 Å². The summed E-state index contributed by atoms with van der Waals surface area (Å²) < 4.78 is 0. The van der Waals surface area contributed by atoms with E-state index in [9.17, 15) is 4.79 Å². The molecule has 1 atom stereocenters. The molecular weight excluding hydrogens is 412 g/mol. The van der Waals surface area contributed by atoms with Crippen molar-refractivity contribution in [2.75, 3.05) is 49.5 Å². The molecular formula is C26H42N6O. The molecule has 1 aromatic rings. The lowest BCUT2D eigenvalue weighted by Crippen LogP contribution is -2.52. The first-order valence-corrected chi connectivity index (χ1v) is 13.6. The fraction of sp³-hybridized carbons (Fsp3) is 0.808. The first-order chi connectivity index (χ1) is 16.3. The first-order valence-electron chi connectivity index (χ1n) is 13.6. The van der Waals surface area contributed by atoms with Crippen LogP contribution in [0.1, 0.15) is 77.0 Å². The largest absolute Gasteiger partial charge is 0.356 e. The van der Waals surface area contributed by atoms with Gasteiger partial charge < -0.3 is 15.1 Å². The first kappa shape index (κ1) is 22.9. The van der Waals surface area contributed by atoms with Crippen molar-refractivity contribution in [3.8, 4) is 0 Å².